The summed E-state index contributed by atoms with van der Waals surface area (Å²) in [5, 5.41) is 10.5. The van der Waals surface area contributed by atoms with Gasteiger partial charge in [-0.15, -0.1) is 0 Å². The third kappa shape index (κ3) is 16.8. The second-order valence-electron chi connectivity index (χ2n) is 19.0. The molecule has 1 N–H and O–H groups in total. The predicted molar refractivity (Wildman–Crippen MR) is 268 cm³/mol. The van der Waals surface area contributed by atoms with Crippen LogP contribution in [0, 0.1) is 15.7 Å². The van der Waals surface area contributed by atoms with Crippen LogP contribution in [0.1, 0.15) is 53.4 Å². The highest BCUT2D eigenvalue weighted by atomic mass is 127. The molecule has 2 aliphatic heterocycles. The van der Waals surface area contributed by atoms with Crippen molar-refractivity contribution in [3.05, 3.63) is 36.3 Å². The number of imidazole rings is 2. The quantitative estimate of drug-likeness (QED) is 0.0560. The standard InChI is InChI=1S/C21H32Cl2N4O3Si.C12H16Cl2IN3OSi.C9H17NO2/c1-14(2)20(28)26-8-6-15(7-9-26)30-21-24-17-12-16(22)18(23)25-19(17)27(21)13-29-10-11-31(3,4)5;1-20(2,3)5-4-19-7-18-11-9(16-12(18)15)6-8(13)10(14)17-11;1-7(2)9(12)10-5-3-8(11)4-6-10/h12,14-15H,6-11,13H2,1-5H3;6H,4-5,7H2,1-3H3;7-8,11H,3-6H2,1-2H3. The summed E-state index contributed by atoms with van der Waals surface area (Å²) in [5.41, 5.74) is 2.64. The molecule has 21 heteroatoms. The number of carbonyl (C=O) groups excluding carboxylic acids is 2. The number of fused-ring (bicyclic) bond motifs is 2. The van der Waals surface area contributed by atoms with Crippen LogP contribution >= 0.6 is 69.0 Å². The second-order valence-corrected chi connectivity index (χ2v) is 32.8. The van der Waals surface area contributed by atoms with Crippen LogP contribution in [0.3, 0.4) is 0 Å². The SMILES string of the molecule is CC(C)C(=O)N1CCC(O)CC1.CC(C)C(=O)N1CCC(Oc2nc3cc(Cl)c(Cl)nc3n2COCC[Si](C)(C)C)CC1.C[Si](C)(C)CCOCn1c(I)nc2cc(Cl)c(Cl)nc21. The number of aliphatic hydroxyl groups excluding tert-OH is 1. The van der Waals surface area contributed by atoms with E-state index in [1.807, 2.05) is 46.6 Å². The van der Waals surface area contributed by atoms with Crippen LogP contribution in [-0.4, -0.2) is 124 Å². The number of hydrogen-bond acceptors (Lipinski definition) is 10. The van der Waals surface area contributed by atoms with Gasteiger partial charge in [-0.25, -0.2) is 15.0 Å². The van der Waals surface area contributed by atoms with Gasteiger partial charge in [-0.1, -0.05) is 113 Å². The van der Waals surface area contributed by atoms with E-state index in [0.29, 0.717) is 64.4 Å². The van der Waals surface area contributed by atoms with Crippen LogP contribution < -0.4 is 4.74 Å². The van der Waals surface area contributed by atoms with Crippen molar-refractivity contribution >= 4 is 119 Å². The molecule has 0 saturated carbocycles. The number of pyridine rings is 2. The second kappa shape index (κ2) is 24.3. The molecule has 6 heterocycles. The minimum absolute atomic E-state index is 0.00976. The largest absolute Gasteiger partial charge is 0.461 e. The smallest absolute Gasteiger partial charge is 0.300 e. The molecule has 14 nitrogen and oxygen atoms in total. The van der Waals surface area contributed by atoms with E-state index >= 15 is 0 Å². The molecule has 4 aromatic rings. The molecule has 63 heavy (non-hydrogen) atoms. The minimum atomic E-state index is -1.19. The van der Waals surface area contributed by atoms with Crippen LogP contribution in [-0.2, 0) is 32.5 Å². The van der Waals surface area contributed by atoms with E-state index in [0.717, 1.165) is 66.8 Å². The van der Waals surface area contributed by atoms with Crippen molar-refractivity contribution in [1.29, 1.82) is 0 Å². The van der Waals surface area contributed by atoms with Gasteiger partial charge in [0.2, 0.25) is 11.8 Å². The van der Waals surface area contributed by atoms with Gasteiger partial charge in [0.05, 0.1) is 16.1 Å². The van der Waals surface area contributed by atoms with Crippen LogP contribution in [0.5, 0.6) is 6.01 Å². The number of likely N-dealkylation sites (tertiary alicyclic amines) is 2. The van der Waals surface area contributed by atoms with Crippen LogP contribution in [0.15, 0.2) is 12.1 Å². The monoisotopic (exact) mass is 1100 g/mol. The van der Waals surface area contributed by atoms with Gasteiger partial charge in [0.1, 0.15) is 40.9 Å². The lowest BCUT2D eigenvalue weighted by Gasteiger charge is -2.33. The average molecular weight is 1100 g/mol. The highest BCUT2D eigenvalue weighted by molar-refractivity contribution is 14.1. The maximum atomic E-state index is 12.2. The van der Waals surface area contributed by atoms with E-state index in [1.165, 1.54) is 0 Å². The zero-order valence-electron chi connectivity index (χ0n) is 38.3. The molecule has 2 saturated heterocycles. The fraction of sp³-hybridized carbons (Fsp3) is 0.667. The van der Waals surface area contributed by atoms with Crippen molar-refractivity contribution in [3.8, 4) is 6.01 Å². The number of hydrogen-bond donors (Lipinski definition) is 1. The Labute approximate surface area is 408 Å². The van der Waals surface area contributed by atoms with E-state index in [1.54, 1.807) is 12.1 Å². The molecule has 0 atom stereocenters. The van der Waals surface area contributed by atoms with E-state index in [2.05, 4.69) is 81.8 Å². The molecule has 2 amide bonds. The van der Waals surface area contributed by atoms with E-state index in [4.69, 9.17) is 60.6 Å². The summed E-state index contributed by atoms with van der Waals surface area (Å²) in [6.45, 7) is 26.6. The molecule has 6 rings (SSSR count). The van der Waals surface area contributed by atoms with Crippen molar-refractivity contribution in [1.82, 2.24) is 38.9 Å². The summed E-state index contributed by atoms with van der Waals surface area (Å²) in [5.74, 6) is 0.493. The zero-order chi connectivity index (χ0) is 46.8. The van der Waals surface area contributed by atoms with Gasteiger partial charge in [-0.2, -0.15) is 4.98 Å². The summed E-state index contributed by atoms with van der Waals surface area (Å²) in [6.07, 6.45) is 2.76. The first kappa shape index (κ1) is 53.8. The van der Waals surface area contributed by atoms with Gasteiger partial charge < -0.3 is 29.1 Å². The fourth-order valence-corrected chi connectivity index (χ4v) is 9.21. The third-order valence-corrected chi connectivity index (χ3v) is 16.0. The molecule has 0 unspecified atom stereocenters. The van der Waals surface area contributed by atoms with Gasteiger partial charge in [-0.3, -0.25) is 18.7 Å². The van der Waals surface area contributed by atoms with Gasteiger partial charge in [0.25, 0.3) is 0 Å². The Kier molecular flexibility index (Phi) is 20.7. The molecule has 0 radical (unpaired) electrons. The summed E-state index contributed by atoms with van der Waals surface area (Å²) >= 11 is 26.4. The van der Waals surface area contributed by atoms with Gasteiger partial charge >= 0.3 is 6.01 Å². The lowest BCUT2D eigenvalue weighted by Crippen LogP contribution is -2.43. The molecule has 2 aliphatic rings. The number of aliphatic hydroxyl groups is 1. The Hall–Kier alpha value is -1.82. The Bertz CT molecular complexity index is 2130. The maximum Gasteiger partial charge on any atom is 0.300 e. The van der Waals surface area contributed by atoms with Crippen LogP contribution in [0.25, 0.3) is 22.3 Å². The van der Waals surface area contributed by atoms with Gasteiger partial charge in [-0.05, 0) is 37.1 Å². The number of rotatable bonds is 14. The van der Waals surface area contributed by atoms with Gasteiger partial charge in [0, 0.05) is 103 Å². The number of carbonyl (C=O) groups is 2. The average Bonchev–Trinajstić information content (AvgIpc) is 3.68. The van der Waals surface area contributed by atoms with Crippen molar-refractivity contribution < 1.29 is 28.9 Å². The molecule has 0 spiro atoms. The Morgan fingerprint density at radius 1 is 0.698 bits per heavy atom. The van der Waals surface area contributed by atoms with Crippen LogP contribution in [0.2, 0.25) is 71.7 Å². The molecule has 4 aromatic heterocycles. The molecular formula is C42H65Cl4IN8O6Si2. The number of nitrogens with zero attached hydrogens (tertiary/aromatic N) is 8. The molecule has 0 aliphatic carbocycles. The summed E-state index contributed by atoms with van der Waals surface area (Å²) < 4.78 is 22.5. The topological polar surface area (TPSA) is 150 Å². The van der Waals surface area contributed by atoms with Gasteiger partial charge in [0.15, 0.2) is 15.1 Å². The Balaban J connectivity index is 0.000000232. The molecular weight excluding hydrogens is 1040 g/mol. The van der Waals surface area contributed by atoms with Crippen molar-refractivity contribution in [2.45, 2.75) is 130 Å². The van der Waals surface area contributed by atoms with E-state index < -0.39 is 16.1 Å². The van der Waals surface area contributed by atoms with Crippen molar-refractivity contribution in [2.24, 2.45) is 11.8 Å². The Morgan fingerprint density at radius 2 is 1.11 bits per heavy atom. The lowest BCUT2D eigenvalue weighted by atomic mass is 10.1. The molecule has 352 valence electrons. The first-order chi connectivity index (χ1) is 29.4. The molecule has 0 bridgehead atoms. The fourth-order valence-electron chi connectivity index (χ4n) is 6.51. The zero-order valence-corrected chi connectivity index (χ0v) is 45.5. The maximum absolute atomic E-state index is 12.2. The summed E-state index contributed by atoms with van der Waals surface area (Å²) in [7, 11) is -2.26. The molecule has 0 aromatic carbocycles. The van der Waals surface area contributed by atoms with Crippen molar-refractivity contribution in [2.75, 3.05) is 39.4 Å². The number of amides is 2. The number of piperidine rings is 2. The highest BCUT2D eigenvalue weighted by Crippen LogP contribution is 2.30. The number of halogens is 5. The Morgan fingerprint density at radius 3 is 1.56 bits per heavy atom. The first-order valence-corrected chi connectivity index (χ1v) is 31.6. The summed E-state index contributed by atoms with van der Waals surface area (Å²) in [4.78, 5) is 45.1. The summed E-state index contributed by atoms with van der Waals surface area (Å²) in [6, 6.07) is 6.07. The first-order valence-electron chi connectivity index (χ1n) is 21.6. The lowest BCUT2D eigenvalue weighted by molar-refractivity contribution is -0.137. The normalized spacial score (nSPS) is 15.5. The minimum Gasteiger partial charge on any atom is -0.461 e. The van der Waals surface area contributed by atoms with E-state index in [9.17, 15) is 14.7 Å². The highest BCUT2D eigenvalue weighted by Gasteiger charge is 2.28. The van der Waals surface area contributed by atoms with E-state index in [-0.39, 0.29) is 47.7 Å². The molecule has 2 fully saturated rings. The predicted octanol–water partition coefficient (Wildman–Crippen LogP) is 10.4. The third-order valence-electron chi connectivity index (χ3n) is 10.4. The van der Waals surface area contributed by atoms with Crippen LogP contribution in [0.4, 0.5) is 0 Å². The number of ether oxygens (including phenoxy) is 3. The number of aromatic nitrogens is 6. The van der Waals surface area contributed by atoms with Crippen molar-refractivity contribution in [3.63, 3.8) is 0 Å².